The first-order valence-corrected chi connectivity index (χ1v) is 7.12. The zero-order chi connectivity index (χ0) is 14.0. The van der Waals surface area contributed by atoms with Crippen molar-refractivity contribution in [3.05, 3.63) is 65.7 Å². The monoisotopic (exact) mass is 264 g/mol. The van der Waals surface area contributed by atoms with E-state index in [1.165, 1.54) is 12.0 Å². The summed E-state index contributed by atoms with van der Waals surface area (Å²) in [6.07, 6.45) is 3.99. The Morgan fingerprint density at radius 2 is 1.60 bits per heavy atom. The smallest absolute Gasteiger partial charge is 0.0669 e. The van der Waals surface area contributed by atoms with Gasteiger partial charge in [0.2, 0.25) is 0 Å². The zero-order valence-corrected chi connectivity index (χ0v) is 11.7. The minimum absolute atomic E-state index is 0.483. The Morgan fingerprint density at radius 3 is 2.30 bits per heavy atom. The fourth-order valence-electron chi connectivity index (χ4n) is 2.16. The van der Waals surface area contributed by atoms with Crippen LogP contribution >= 0.6 is 0 Å². The molecule has 0 atom stereocenters. The van der Waals surface area contributed by atoms with Crippen molar-refractivity contribution < 1.29 is 0 Å². The maximum absolute atomic E-state index is 8.62. The minimum Gasteiger partial charge on any atom is -0.385 e. The van der Waals surface area contributed by atoms with Gasteiger partial charge in [-0.3, -0.25) is 0 Å². The third kappa shape index (κ3) is 4.78. The van der Waals surface area contributed by atoms with Gasteiger partial charge in [0.15, 0.2) is 0 Å². The zero-order valence-electron chi connectivity index (χ0n) is 11.7. The molecule has 0 aliphatic rings. The molecular weight excluding hydrogens is 244 g/mol. The fourth-order valence-corrected chi connectivity index (χ4v) is 2.16. The topological polar surface area (TPSA) is 35.8 Å². The SMILES string of the molecule is N#CCc1ccc(NCCCCc2ccccc2)cc1. The van der Waals surface area contributed by atoms with Gasteiger partial charge < -0.3 is 5.32 Å². The molecule has 0 fully saturated rings. The lowest BCUT2D eigenvalue weighted by molar-refractivity contribution is 0.763. The summed E-state index contributed by atoms with van der Waals surface area (Å²) in [4.78, 5) is 0. The Morgan fingerprint density at radius 1 is 0.850 bits per heavy atom. The predicted octanol–water partition coefficient (Wildman–Crippen LogP) is 4.19. The summed E-state index contributed by atoms with van der Waals surface area (Å²) < 4.78 is 0. The molecule has 0 saturated carbocycles. The lowest BCUT2D eigenvalue weighted by Crippen LogP contribution is -2.02. The van der Waals surface area contributed by atoms with Gasteiger partial charge in [-0.1, -0.05) is 42.5 Å². The Hall–Kier alpha value is -2.27. The highest BCUT2D eigenvalue weighted by Crippen LogP contribution is 2.10. The number of hydrogen-bond donors (Lipinski definition) is 1. The van der Waals surface area contributed by atoms with Gasteiger partial charge in [0.1, 0.15) is 0 Å². The number of unbranched alkanes of at least 4 members (excludes halogenated alkanes) is 1. The second-order valence-corrected chi connectivity index (χ2v) is 4.90. The number of anilines is 1. The Kier molecular flexibility index (Phi) is 5.67. The molecule has 0 bridgehead atoms. The second-order valence-electron chi connectivity index (χ2n) is 4.90. The number of hydrogen-bond acceptors (Lipinski definition) is 2. The van der Waals surface area contributed by atoms with Crippen LogP contribution < -0.4 is 5.32 Å². The van der Waals surface area contributed by atoms with Crippen LogP contribution in [0.5, 0.6) is 0 Å². The van der Waals surface area contributed by atoms with Crippen molar-refractivity contribution in [1.82, 2.24) is 0 Å². The van der Waals surface area contributed by atoms with Crippen molar-refractivity contribution in [2.45, 2.75) is 25.7 Å². The fraction of sp³-hybridized carbons (Fsp3) is 0.278. The van der Waals surface area contributed by atoms with Gasteiger partial charge in [-0.2, -0.15) is 5.26 Å². The van der Waals surface area contributed by atoms with Crippen molar-refractivity contribution in [1.29, 1.82) is 5.26 Å². The van der Waals surface area contributed by atoms with Crippen LogP contribution in [0.25, 0.3) is 0 Å². The van der Waals surface area contributed by atoms with Crippen molar-refractivity contribution in [2.24, 2.45) is 0 Å². The van der Waals surface area contributed by atoms with Gasteiger partial charge >= 0.3 is 0 Å². The number of rotatable bonds is 7. The maximum Gasteiger partial charge on any atom is 0.0669 e. The third-order valence-corrected chi connectivity index (χ3v) is 3.30. The minimum atomic E-state index is 0.483. The van der Waals surface area contributed by atoms with Crippen LogP contribution in [0.1, 0.15) is 24.0 Å². The van der Waals surface area contributed by atoms with Crippen molar-refractivity contribution in [3.63, 3.8) is 0 Å². The van der Waals surface area contributed by atoms with E-state index >= 15 is 0 Å². The quantitative estimate of drug-likeness (QED) is 0.761. The first-order chi connectivity index (χ1) is 9.88. The third-order valence-electron chi connectivity index (χ3n) is 3.30. The Labute approximate surface area is 121 Å². The van der Waals surface area contributed by atoms with E-state index in [2.05, 4.69) is 41.7 Å². The molecule has 0 radical (unpaired) electrons. The maximum atomic E-state index is 8.62. The highest BCUT2D eigenvalue weighted by atomic mass is 14.9. The Balaban J connectivity index is 1.65. The van der Waals surface area contributed by atoms with E-state index in [4.69, 9.17) is 5.26 Å². The first-order valence-electron chi connectivity index (χ1n) is 7.12. The van der Waals surface area contributed by atoms with E-state index in [1.807, 2.05) is 24.3 Å². The van der Waals surface area contributed by atoms with Gasteiger partial charge in [0.25, 0.3) is 0 Å². The highest BCUT2D eigenvalue weighted by molar-refractivity contribution is 5.44. The molecule has 0 aliphatic carbocycles. The molecule has 0 saturated heterocycles. The number of nitrogens with zero attached hydrogens (tertiary/aromatic N) is 1. The van der Waals surface area contributed by atoms with Crippen LogP contribution in [-0.4, -0.2) is 6.54 Å². The van der Waals surface area contributed by atoms with Gasteiger partial charge in [-0.05, 0) is 42.5 Å². The van der Waals surface area contributed by atoms with Crippen LogP contribution in [-0.2, 0) is 12.8 Å². The van der Waals surface area contributed by atoms with Crippen molar-refractivity contribution in [2.75, 3.05) is 11.9 Å². The van der Waals surface area contributed by atoms with Crippen LogP contribution in [0, 0.1) is 11.3 Å². The van der Waals surface area contributed by atoms with E-state index in [0.29, 0.717) is 6.42 Å². The van der Waals surface area contributed by atoms with Gasteiger partial charge in [0.05, 0.1) is 12.5 Å². The molecule has 2 rings (SSSR count). The normalized spacial score (nSPS) is 9.95. The van der Waals surface area contributed by atoms with Gasteiger partial charge in [0, 0.05) is 12.2 Å². The van der Waals surface area contributed by atoms with Crippen molar-refractivity contribution >= 4 is 5.69 Å². The molecule has 2 heteroatoms. The summed E-state index contributed by atoms with van der Waals surface area (Å²) >= 11 is 0. The molecule has 0 aliphatic heterocycles. The largest absolute Gasteiger partial charge is 0.385 e. The molecule has 2 aromatic rings. The molecule has 102 valence electrons. The summed E-state index contributed by atoms with van der Waals surface area (Å²) in [6, 6.07) is 20.9. The van der Waals surface area contributed by atoms with Crippen LogP contribution in [0.4, 0.5) is 5.69 Å². The Bertz CT molecular complexity index is 538. The molecule has 2 nitrogen and oxygen atoms in total. The van der Waals surface area contributed by atoms with Crippen LogP contribution in [0.3, 0.4) is 0 Å². The van der Waals surface area contributed by atoms with E-state index in [9.17, 15) is 0 Å². The van der Waals surface area contributed by atoms with Gasteiger partial charge in [-0.15, -0.1) is 0 Å². The molecule has 2 aromatic carbocycles. The first kappa shape index (κ1) is 14.1. The molecule has 0 spiro atoms. The summed E-state index contributed by atoms with van der Waals surface area (Å²) in [5, 5.41) is 12.0. The predicted molar refractivity (Wildman–Crippen MR) is 83.6 cm³/mol. The molecule has 1 N–H and O–H groups in total. The van der Waals surface area contributed by atoms with Crippen molar-refractivity contribution in [3.8, 4) is 6.07 Å². The van der Waals surface area contributed by atoms with Crippen LogP contribution in [0.2, 0.25) is 0 Å². The average molecular weight is 264 g/mol. The summed E-state index contributed by atoms with van der Waals surface area (Å²) in [7, 11) is 0. The standard InChI is InChI=1S/C18H20N2/c19-14-13-17-9-11-18(12-10-17)20-15-5-4-8-16-6-2-1-3-7-16/h1-3,6-7,9-12,20H,4-5,8,13,15H2. The lowest BCUT2D eigenvalue weighted by atomic mass is 10.1. The summed E-state index contributed by atoms with van der Waals surface area (Å²) in [5.74, 6) is 0. The van der Waals surface area contributed by atoms with Crippen LogP contribution in [0.15, 0.2) is 54.6 Å². The number of benzene rings is 2. The van der Waals surface area contributed by atoms with E-state index < -0.39 is 0 Å². The lowest BCUT2D eigenvalue weighted by Gasteiger charge is -2.07. The molecule has 20 heavy (non-hydrogen) atoms. The van der Waals surface area contributed by atoms with Gasteiger partial charge in [-0.25, -0.2) is 0 Å². The highest BCUT2D eigenvalue weighted by Gasteiger charge is 1.95. The second kappa shape index (κ2) is 8.01. The van der Waals surface area contributed by atoms with E-state index in [1.54, 1.807) is 0 Å². The van der Waals surface area contributed by atoms with E-state index in [0.717, 1.165) is 30.6 Å². The molecule has 0 unspecified atom stereocenters. The number of nitrogens with one attached hydrogen (secondary N) is 1. The number of nitriles is 1. The molecule has 0 heterocycles. The molecule has 0 aromatic heterocycles. The molecular formula is C18H20N2. The summed E-state index contributed by atoms with van der Waals surface area (Å²) in [5.41, 5.74) is 3.61. The number of aryl methyl sites for hydroxylation is 1. The average Bonchev–Trinajstić information content (AvgIpc) is 2.50. The molecule has 0 amide bonds. The van der Waals surface area contributed by atoms with E-state index in [-0.39, 0.29) is 0 Å². The summed E-state index contributed by atoms with van der Waals surface area (Å²) in [6.45, 7) is 0.991.